The summed E-state index contributed by atoms with van der Waals surface area (Å²) in [7, 11) is 0. The first-order valence-electron chi connectivity index (χ1n) is 5.03. The Kier molecular flexibility index (Phi) is 5.49. The quantitative estimate of drug-likeness (QED) is 0.608. The van der Waals surface area contributed by atoms with Gasteiger partial charge in [0.1, 0.15) is 0 Å². The summed E-state index contributed by atoms with van der Waals surface area (Å²) in [5.41, 5.74) is 1.75. The summed E-state index contributed by atoms with van der Waals surface area (Å²) in [4.78, 5) is 11.8. The highest BCUT2D eigenvalue weighted by molar-refractivity contribution is 8.23. The second-order valence-corrected chi connectivity index (χ2v) is 4.79. The average molecular weight is 254 g/mol. The molecule has 0 fully saturated rings. The lowest BCUT2D eigenvalue weighted by Gasteiger charge is -2.05. The Labute approximate surface area is 105 Å². The minimum absolute atomic E-state index is 0.0881. The molecule has 16 heavy (non-hydrogen) atoms. The van der Waals surface area contributed by atoms with E-state index in [1.54, 1.807) is 0 Å². The average Bonchev–Trinajstić information content (AvgIpc) is 2.27. The first-order chi connectivity index (χ1) is 7.65. The summed E-state index contributed by atoms with van der Waals surface area (Å²) in [6, 6.07) is 7.55. The van der Waals surface area contributed by atoms with Crippen LogP contribution in [-0.2, 0) is 4.74 Å². The molecule has 0 saturated carbocycles. The predicted molar refractivity (Wildman–Crippen MR) is 72.2 cm³/mol. The van der Waals surface area contributed by atoms with Crippen LogP contribution in [0.3, 0.4) is 0 Å². The number of rotatable bonds is 4. The van der Waals surface area contributed by atoms with E-state index in [0.717, 1.165) is 11.1 Å². The lowest BCUT2D eigenvalue weighted by Crippen LogP contribution is -2.07. The highest BCUT2D eigenvalue weighted by Gasteiger charge is 2.10. The molecule has 0 atom stereocenters. The molecule has 1 rings (SSSR count). The van der Waals surface area contributed by atoms with Gasteiger partial charge < -0.3 is 4.74 Å². The fourth-order valence-corrected chi connectivity index (χ4v) is 2.15. The Bertz CT molecular complexity index is 388. The van der Waals surface area contributed by atoms with Gasteiger partial charge in [-0.2, -0.15) is 0 Å². The largest absolute Gasteiger partial charge is 0.479 e. The van der Waals surface area contributed by atoms with Crippen molar-refractivity contribution < 1.29 is 9.53 Å². The molecule has 0 spiro atoms. The summed E-state index contributed by atoms with van der Waals surface area (Å²) in [5.74, 6) is 0.425. The topological polar surface area (TPSA) is 26.3 Å². The van der Waals surface area contributed by atoms with Gasteiger partial charge in [0.05, 0.1) is 12.4 Å². The smallest absolute Gasteiger partial charge is 0.220 e. The van der Waals surface area contributed by atoms with Gasteiger partial charge in [-0.1, -0.05) is 36.0 Å². The number of ether oxygens (including phenoxy) is 1. The number of Topliss-reactive ketones (excluding diaryl/α,β-unsaturated/α-hetero) is 1. The molecule has 2 nitrogen and oxygen atoms in total. The number of aryl methyl sites for hydroxylation is 1. The van der Waals surface area contributed by atoms with Gasteiger partial charge in [0.2, 0.25) is 4.38 Å². The van der Waals surface area contributed by atoms with Crippen LogP contribution in [0.2, 0.25) is 0 Å². The molecule has 0 bridgehead atoms. The van der Waals surface area contributed by atoms with Crippen molar-refractivity contribution in [1.29, 1.82) is 0 Å². The van der Waals surface area contributed by atoms with Crippen molar-refractivity contribution in [2.45, 2.75) is 13.8 Å². The zero-order valence-electron chi connectivity index (χ0n) is 9.36. The van der Waals surface area contributed by atoms with Gasteiger partial charge in [-0.3, -0.25) is 4.79 Å². The molecular formula is C12H14O2S2. The van der Waals surface area contributed by atoms with Gasteiger partial charge in [0, 0.05) is 5.56 Å². The molecule has 0 saturated heterocycles. The normalized spacial score (nSPS) is 9.88. The Morgan fingerprint density at radius 2 is 2.12 bits per heavy atom. The maximum atomic E-state index is 11.8. The van der Waals surface area contributed by atoms with Crippen LogP contribution in [0.1, 0.15) is 22.8 Å². The predicted octanol–water partition coefficient (Wildman–Crippen LogP) is 3.23. The zero-order valence-corrected chi connectivity index (χ0v) is 11.0. The molecule has 0 heterocycles. The van der Waals surface area contributed by atoms with Crippen LogP contribution >= 0.6 is 24.0 Å². The molecule has 0 aliphatic carbocycles. The molecular weight excluding hydrogens is 240 g/mol. The van der Waals surface area contributed by atoms with Crippen molar-refractivity contribution in [3.8, 4) is 0 Å². The summed E-state index contributed by atoms with van der Waals surface area (Å²) >= 11 is 6.22. The maximum Gasteiger partial charge on any atom is 0.220 e. The molecule has 0 aromatic heterocycles. The van der Waals surface area contributed by atoms with Crippen LogP contribution in [0.4, 0.5) is 0 Å². The van der Waals surface area contributed by atoms with E-state index in [1.165, 1.54) is 11.8 Å². The Morgan fingerprint density at radius 3 is 2.75 bits per heavy atom. The molecule has 4 heteroatoms. The van der Waals surface area contributed by atoms with E-state index in [1.807, 2.05) is 38.1 Å². The minimum atomic E-state index is 0.0881. The van der Waals surface area contributed by atoms with E-state index in [4.69, 9.17) is 17.0 Å². The number of ketones is 1. The van der Waals surface area contributed by atoms with E-state index in [2.05, 4.69) is 0 Å². The van der Waals surface area contributed by atoms with E-state index in [0.29, 0.717) is 16.7 Å². The molecule has 0 amide bonds. The fraction of sp³-hybridized carbons (Fsp3) is 0.333. The number of thiocarbonyl (C=S) groups is 1. The third-order valence-electron chi connectivity index (χ3n) is 2.03. The molecule has 0 unspecified atom stereocenters. The van der Waals surface area contributed by atoms with Crippen LogP contribution in [-0.4, -0.2) is 22.5 Å². The van der Waals surface area contributed by atoms with Gasteiger partial charge in [-0.25, -0.2) is 0 Å². The monoisotopic (exact) mass is 254 g/mol. The summed E-state index contributed by atoms with van der Waals surface area (Å²) in [6.07, 6.45) is 0. The van der Waals surface area contributed by atoms with Crippen LogP contribution in [0.25, 0.3) is 0 Å². The Balaban J connectivity index is 2.54. The van der Waals surface area contributed by atoms with Gasteiger partial charge in [-0.05, 0) is 31.6 Å². The zero-order chi connectivity index (χ0) is 12.0. The number of benzene rings is 1. The van der Waals surface area contributed by atoms with Crippen molar-refractivity contribution >= 4 is 34.1 Å². The second-order valence-electron chi connectivity index (χ2n) is 3.21. The molecule has 1 aromatic rings. The molecule has 86 valence electrons. The van der Waals surface area contributed by atoms with Gasteiger partial charge in [-0.15, -0.1) is 0 Å². The Hall–Kier alpha value is -0.870. The van der Waals surface area contributed by atoms with Crippen molar-refractivity contribution in [2.75, 3.05) is 12.4 Å². The van der Waals surface area contributed by atoms with Gasteiger partial charge in [0.25, 0.3) is 0 Å². The third kappa shape index (κ3) is 3.94. The van der Waals surface area contributed by atoms with Crippen molar-refractivity contribution in [3.05, 3.63) is 35.4 Å². The summed E-state index contributed by atoms with van der Waals surface area (Å²) in [5, 5.41) is 0. The van der Waals surface area contributed by atoms with Crippen LogP contribution in [0.15, 0.2) is 24.3 Å². The van der Waals surface area contributed by atoms with Crippen molar-refractivity contribution in [3.63, 3.8) is 0 Å². The lowest BCUT2D eigenvalue weighted by molar-refractivity contribution is 0.102. The number of hydrogen-bond acceptors (Lipinski definition) is 4. The maximum absolute atomic E-state index is 11.8. The number of hydrogen-bond donors (Lipinski definition) is 0. The number of carbonyl (C=O) groups is 1. The van der Waals surface area contributed by atoms with Crippen molar-refractivity contribution in [2.24, 2.45) is 0 Å². The molecule has 0 N–H and O–H groups in total. The summed E-state index contributed by atoms with van der Waals surface area (Å²) < 4.78 is 5.54. The first-order valence-corrected chi connectivity index (χ1v) is 6.43. The van der Waals surface area contributed by atoms with E-state index in [-0.39, 0.29) is 5.78 Å². The third-order valence-corrected chi connectivity index (χ3v) is 3.26. The molecule has 0 aliphatic heterocycles. The highest BCUT2D eigenvalue weighted by Crippen LogP contribution is 2.13. The first kappa shape index (κ1) is 13.2. The number of carbonyl (C=O) groups excluding carboxylic acids is 1. The van der Waals surface area contributed by atoms with Crippen LogP contribution in [0, 0.1) is 6.92 Å². The summed E-state index contributed by atoms with van der Waals surface area (Å²) in [6.45, 7) is 4.35. The Morgan fingerprint density at radius 1 is 1.44 bits per heavy atom. The van der Waals surface area contributed by atoms with Crippen molar-refractivity contribution in [1.82, 2.24) is 0 Å². The SMILES string of the molecule is CCOC(=S)SCC(=O)c1ccccc1C. The standard InChI is InChI=1S/C12H14O2S2/c1-3-14-12(15)16-8-11(13)10-7-5-4-6-9(10)2/h4-7H,3,8H2,1-2H3. The van der Waals surface area contributed by atoms with Crippen LogP contribution < -0.4 is 0 Å². The highest BCUT2D eigenvalue weighted by atomic mass is 32.2. The lowest BCUT2D eigenvalue weighted by atomic mass is 10.1. The van der Waals surface area contributed by atoms with E-state index < -0.39 is 0 Å². The van der Waals surface area contributed by atoms with E-state index in [9.17, 15) is 4.79 Å². The minimum Gasteiger partial charge on any atom is -0.479 e. The van der Waals surface area contributed by atoms with Gasteiger partial charge in [0.15, 0.2) is 5.78 Å². The van der Waals surface area contributed by atoms with Crippen LogP contribution in [0.5, 0.6) is 0 Å². The molecule has 1 aromatic carbocycles. The molecule has 0 radical (unpaired) electrons. The molecule has 0 aliphatic rings. The fourth-order valence-electron chi connectivity index (χ4n) is 1.25. The number of thioether (sulfide) groups is 1. The van der Waals surface area contributed by atoms with Gasteiger partial charge >= 0.3 is 0 Å². The second kappa shape index (κ2) is 6.66. The van der Waals surface area contributed by atoms with E-state index >= 15 is 0 Å².